The zero-order valence-corrected chi connectivity index (χ0v) is 21.4. The Bertz CT molecular complexity index is 1720. The third kappa shape index (κ3) is 3.72. The van der Waals surface area contributed by atoms with Crippen LogP contribution in [0.4, 0.5) is 4.39 Å². The van der Waals surface area contributed by atoms with Crippen LogP contribution in [0.5, 0.6) is 0 Å². The van der Waals surface area contributed by atoms with E-state index in [4.69, 9.17) is 4.42 Å². The lowest BCUT2D eigenvalue weighted by atomic mass is 10.0. The summed E-state index contributed by atoms with van der Waals surface area (Å²) in [6, 6.07) is 32.6. The first kappa shape index (κ1) is 22.6. The highest BCUT2D eigenvalue weighted by Gasteiger charge is 2.24. The fourth-order valence-corrected chi connectivity index (χ4v) is 6.74. The van der Waals surface area contributed by atoms with Gasteiger partial charge in [-0.25, -0.2) is 8.96 Å². The van der Waals surface area contributed by atoms with Crippen molar-refractivity contribution in [2.75, 3.05) is 6.66 Å². The second-order valence-corrected chi connectivity index (χ2v) is 11.3. The molecule has 1 unspecified atom stereocenters. The van der Waals surface area contributed by atoms with Crippen LogP contribution in [0.2, 0.25) is 0 Å². The highest BCUT2D eigenvalue weighted by molar-refractivity contribution is 7.72. The highest BCUT2D eigenvalue weighted by Crippen LogP contribution is 2.41. The number of halogens is 1. The molecule has 4 aromatic carbocycles. The van der Waals surface area contributed by atoms with Gasteiger partial charge in [0.15, 0.2) is 6.20 Å². The summed E-state index contributed by atoms with van der Waals surface area (Å²) < 4.78 is 24.1. The van der Waals surface area contributed by atoms with Crippen LogP contribution in [-0.4, -0.2) is 6.66 Å². The number of benzene rings is 4. The van der Waals surface area contributed by atoms with Crippen LogP contribution in [0.1, 0.15) is 5.56 Å². The standard InChI is InChI=1S/C32H26FNOP/c1-21-12-17-25-26-18-19-27(33)32(31(26)35-30(25)29(21)28-11-7-8-20-34(28)2)36(3)24-15-13-23(14-16-24)22-9-5-4-6-10-22/h4-20H,1-3H3/q+1. The molecule has 0 N–H and O–H groups in total. The van der Waals surface area contributed by atoms with Gasteiger partial charge in [0.05, 0.1) is 10.9 Å². The molecule has 0 bridgehead atoms. The summed E-state index contributed by atoms with van der Waals surface area (Å²) >= 11 is 0. The van der Waals surface area contributed by atoms with Crippen LogP contribution in [0.15, 0.2) is 108 Å². The topological polar surface area (TPSA) is 17.0 Å². The van der Waals surface area contributed by atoms with Crippen molar-refractivity contribution in [1.82, 2.24) is 0 Å². The predicted molar refractivity (Wildman–Crippen MR) is 149 cm³/mol. The molecule has 0 saturated heterocycles. The molecule has 6 aromatic rings. The quantitative estimate of drug-likeness (QED) is 0.188. The maximum absolute atomic E-state index is 15.4. The highest BCUT2D eigenvalue weighted by atomic mass is 31.1. The van der Waals surface area contributed by atoms with E-state index >= 15 is 4.39 Å². The summed E-state index contributed by atoms with van der Waals surface area (Å²) in [5.74, 6) is -0.217. The van der Waals surface area contributed by atoms with Gasteiger partial charge in [-0.3, -0.25) is 0 Å². The number of aromatic nitrogens is 1. The van der Waals surface area contributed by atoms with Gasteiger partial charge in [-0.2, -0.15) is 0 Å². The third-order valence-corrected chi connectivity index (χ3v) is 9.11. The lowest BCUT2D eigenvalue weighted by molar-refractivity contribution is -0.660. The second-order valence-electron chi connectivity index (χ2n) is 9.18. The number of rotatable bonds is 4. The lowest BCUT2D eigenvalue weighted by Crippen LogP contribution is -2.30. The SMILES string of the molecule is Cc1ccc2c(oc3c(P(C)c4ccc(-c5ccccc5)cc4)c(F)ccc32)c1-c1cccc[n+]1C. The van der Waals surface area contributed by atoms with Gasteiger partial charge in [-0.05, 0) is 61.7 Å². The first-order valence-corrected chi connectivity index (χ1v) is 13.8. The summed E-state index contributed by atoms with van der Waals surface area (Å²) in [6.07, 6.45) is 2.03. The molecule has 0 amide bonds. The zero-order chi connectivity index (χ0) is 24.8. The molecular weight excluding hydrogens is 464 g/mol. The van der Waals surface area contributed by atoms with Crippen molar-refractivity contribution in [3.63, 3.8) is 0 Å². The number of fused-ring (bicyclic) bond motifs is 3. The molecule has 0 fully saturated rings. The van der Waals surface area contributed by atoms with Crippen LogP contribution in [0, 0.1) is 12.7 Å². The van der Waals surface area contributed by atoms with Gasteiger partial charge in [-0.1, -0.05) is 66.7 Å². The number of pyridine rings is 1. The van der Waals surface area contributed by atoms with Crippen molar-refractivity contribution in [3.05, 3.63) is 115 Å². The molecule has 6 rings (SSSR count). The molecule has 4 heteroatoms. The number of hydrogen-bond donors (Lipinski definition) is 0. The smallest absolute Gasteiger partial charge is 0.216 e. The Labute approximate surface area is 211 Å². The molecule has 1 atom stereocenters. The van der Waals surface area contributed by atoms with Gasteiger partial charge in [0.25, 0.3) is 0 Å². The van der Waals surface area contributed by atoms with E-state index in [9.17, 15) is 0 Å². The van der Waals surface area contributed by atoms with Crippen molar-refractivity contribution in [2.24, 2.45) is 7.05 Å². The summed E-state index contributed by atoms with van der Waals surface area (Å²) in [5.41, 5.74) is 7.02. The summed E-state index contributed by atoms with van der Waals surface area (Å²) in [7, 11) is 1.07. The van der Waals surface area contributed by atoms with Crippen molar-refractivity contribution in [3.8, 4) is 22.4 Å². The first-order valence-electron chi connectivity index (χ1n) is 12.0. The monoisotopic (exact) mass is 490 g/mol. The molecular formula is C32H26FNOP+. The number of nitrogens with zero attached hydrogens (tertiary/aromatic N) is 1. The second kappa shape index (κ2) is 9.00. The Kier molecular flexibility index (Phi) is 5.66. The van der Waals surface area contributed by atoms with E-state index in [0.717, 1.165) is 44.0 Å². The Hall–Kier alpha value is -3.81. The van der Waals surface area contributed by atoms with E-state index in [2.05, 4.69) is 72.8 Å². The summed E-state index contributed by atoms with van der Waals surface area (Å²) in [6.45, 7) is 4.21. The molecule has 2 heterocycles. The van der Waals surface area contributed by atoms with E-state index in [-0.39, 0.29) is 5.82 Å². The minimum atomic E-state index is -0.961. The normalized spacial score (nSPS) is 12.3. The van der Waals surface area contributed by atoms with Gasteiger partial charge in [-0.15, -0.1) is 0 Å². The molecule has 0 aliphatic rings. The van der Waals surface area contributed by atoms with Crippen molar-refractivity contribution in [1.29, 1.82) is 0 Å². The van der Waals surface area contributed by atoms with Crippen LogP contribution >= 0.6 is 7.92 Å². The molecule has 2 aromatic heterocycles. The number of furan rings is 1. The molecule has 36 heavy (non-hydrogen) atoms. The zero-order valence-electron chi connectivity index (χ0n) is 20.5. The molecule has 0 aliphatic carbocycles. The molecule has 176 valence electrons. The van der Waals surface area contributed by atoms with E-state index in [0.29, 0.717) is 10.9 Å². The van der Waals surface area contributed by atoms with Crippen molar-refractivity contribution >= 4 is 40.5 Å². The fraction of sp³-hybridized carbons (Fsp3) is 0.0938. The van der Waals surface area contributed by atoms with Gasteiger partial charge in [0, 0.05) is 22.9 Å². The van der Waals surface area contributed by atoms with Crippen molar-refractivity contribution < 1.29 is 13.4 Å². The largest absolute Gasteiger partial charge is 0.454 e. The first-order chi connectivity index (χ1) is 17.5. The van der Waals surface area contributed by atoms with E-state index < -0.39 is 7.92 Å². The minimum absolute atomic E-state index is 0.217. The maximum atomic E-state index is 15.4. The molecule has 0 spiro atoms. The average Bonchev–Trinajstić information content (AvgIpc) is 3.28. The van der Waals surface area contributed by atoms with E-state index in [1.165, 1.54) is 5.56 Å². The van der Waals surface area contributed by atoms with Gasteiger partial charge < -0.3 is 4.42 Å². The molecule has 0 radical (unpaired) electrons. The van der Waals surface area contributed by atoms with Crippen LogP contribution < -0.4 is 15.2 Å². The van der Waals surface area contributed by atoms with Gasteiger partial charge in [0.1, 0.15) is 24.0 Å². The summed E-state index contributed by atoms with van der Waals surface area (Å²) in [5, 5.41) is 3.74. The lowest BCUT2D eigenvalue weighted by Gasteiger charge is -2.15. The van der Waals surface area contributed by atoms with Gasteiger partial charge >= 0.3 is 0 Å². The van der Waals surface area contributed by atoms with E-state index in [1.807, 2.05) is 49.6 Å². The van der Waals surface area contributed by atoms with Crippen LogP contribution in [0.3, 0.4) is 0 Å². The molecule has 0 aliphatic heterocycles. The van der Waals surface area contributed by atoms with E-state index in [1.54, 1.807) is 6.07 Å². The minimum Gasteiger partial charge on any atom is -0.454 e. The Balaban J connectivity index is 1.52. The van der Waals surface area contributed by atoms with Crippen molar-refractivity contribution in [2.45, 2.75) is 6.92 Å². The maximum Gasteiger partial charge on any atom is 0.216 e. The fourth-order valence-electron chi connectivity index (χ4n) is 5.01. The Morgan fingerprint density at radius 2 is 1.39 bits per heavy atom. The predicted octanol–water partition coefficient (Wildman–Crippen LogP) is 7.25. The number of aryl methyl sites for hydroxylation is 2. The van der Waals surface area contributed by atoms with Crippen LogP contribution in [-0.2, 0) is 7.05 Å². The summed E-state index contributed by atoms with van der Waals surface area (Å²) in [4.78, 5) is 0. The average molecular weight is 491 g/mol. The molecule has 0 saturated carbocycles. The van der Waals surface area contributed by atoms with Gasteiger partial charge in [0.2, 0.25) is 5.69 Å². The van der Waals surface area contributed by atoms with Crippen LogP contribution in [0.25, 0.3) is 44.3 Å². The molecule has 2 nitrogen and oxygen atoms in total. The Morgan fingerprint density at radius 3 is 2.14 bits per heavy atom. The Morgan fingerprint density at radius 1 is 0.722 bits per heavy atom. The third-order valence-electron chi connectivity index (χ3n) is 6.95. The number of hydrogen-bond acceptors (Lipinski definition) is 1.